The first-order valence-corrected chi connectivity index (χ1v) is 35.2. The van der Waals surface area contributed by atoms with Crippen LogP contribution in [0.25, 0.3) is 54.7 Å². The van der Waals surface area contributed by atoms with Crippen LogP contribution in [0.2, 0.25) is 10.0 Å². The van der Waals surface area contributed by atoms with Gasteiger partial charge in [0.25, 0.3) is 58.9 Å². The summed E-state index contributed by atoms with van der Waals surface area (Å²) in [5.74, 6) is -6.08. The van der Waals surface area contributed by atoms with Crippen molar-refractivity contribution in [2.24, 2.45) is 0 Å². The van der Waals surface area contributed by atoms with Crippen molar-refractivity contribution < 1.29 is 104 Å². The van der Waals surface area contributed by atoms with E-state index in [1.807, 2.05) is 110 Å². The monoisotopic (exact) mass is 1730 g/mol. The van der Waals surface area contributed by atoms with Crippen molar-refractivity contribution in [1.29, 1.82) is 0 Å². The number of amides is 9. The Hall–Kier alpha value is -13.7. The number of halogens is 5. The predicted molar refractivity (Wildman–Crippen MR) is 440 cm³/mol. The Balaban J connectivity index is 0.000000659. The van der Waals surface area contributed by atoms with Gasteiger partial charge in [-0.1, -0.05) is 190 Å². The van der Waals surface area contributed by atoms with Crippen LogP contribution >= 0.6 is 50.5 Å². The average Bonchev–Trinajstić information content (AvgIpc) is 1.28. The SMILES string of the molecule is Cc1cccc(/C=C/C(=O)NO)c1.Cc1ccccc1/C=C/C(=O)NO.O=C(/C=C/c1cccc(Cl)c1)NO.O=C(/C=C/c1cccc(F)c1)NO.O=C(/C=C/c1cccc([N+](=O)[O-])c1)NO.O=C(/C=C/c1ccccc1Br)NO.O=C(/C=C/c1ccccc1Cl)NO.O=C(/C=C/c1ccccc1F)NO.O=C(/C=C/c1cccs1)NO. The number of nitro benzene ring substituents is 1. The Morgan fingerprint density at radius 1 is 0.368 bits per heavy atom. The van der Waals surface area contributed by atoms with Crippen LogP contribution in [0.5, 0.6) is 0 Å². The molecule has 612 valence electrons. The fourth-order valence-corrected chi connectivity index (χ4v) is 9.00. The molecule has 0 fully saturated rings. The molecular formula is C81H77BrCl2F2N10O20S. The van der Waals surface area contributed by atoms with E-state index >= 15 is 0 Å². The van der Waals surface area contributed by atoms with E-state index in [0.717, 1.165) is 66.5 Å². The Labute approximate surface area is 690 Å². The van der Waals surface area contributed by atoms with Crippen LogP contribution < -0.4 is 49.3 Å². The summed E-state index contributed by atoms with van der Waals surface area (Å²) in [4.78, 5) is 106. The van der Waals surface area contributed by atoms with Crippen LogP contribution in [0.15, 0.2) is 271 Å². The fourth-order valence-electron chi connectivity index (χ4n) is 7.57. The maximum absolute atomic E-state index is 12.9. The van der Waals surface area contributed by atoms with E-state index in [4.69, 9.17) is 70.1 Å². The maximum atomic E-state index is 12.9. The van der Waals surface area contributed by atoms with E-state index in [-0.39, 0.29) is 11.5 Å². The first kappa shape index (κ1) is 101. The van der Waals surface area contributed by atoms with Gasteiger partial charge in [0.15, 0.2) is 0 Å². The minimum absolute atomic E-state index is 0.0541. The van der Waals surface area contributed by atoms with Gasteiger partial charge in [0, 0.05) is 91.8 Å². The van der Waals surface area contributed by atoms with Gasteiger partial charge in [-0.15, -0.1) is 11.3 Å². The summed E-state index contributed by atoms with van der Waals surface area (Å²) in [6, 6.07) is 58.3. The minimum Gasteiger partial charge on any atom is -0.288 e. The number of hydrogen-bond acceptors (Lipinski definition) is 21. The van der Waals surface area contributed by atoms with Crippen LogP contribution in [-0.2, 0) is 43.2 Å². The van der Waals surface area contributed by atoms with E-state index in [1.54, 1.807) is 97.1 Å². The number of thiophene rings is 1. The average molecular weight is 1730 g/mol. The molecule has 18 N–H and O–H groups in total. The second kappa shape index (κ2) is 61.8. The van der Waals surface area contributed by atoms with Crippen LogP contribution in [0.3, 0.4) is 0 Å². The van der Waals surface area contributed by atoms with E-state index in [0.29, 0.717) is 26.7 Å². The summed E-state index contributed by atoms with van der Waals surface area (Å²) in [5.41, 5.74) is 21.1. The number of benzene rings is 8. The van der Waals surface area contributed by atoms with Gasteiger partial charge in [-0.3, -0.25) is 100 Å². The molecular weight excluding hydrogens is 1650 g/mol. The second-order valence-electron chi connectivity index (χ2n) is 21.6. The van der Waals surface area contributed by atoms with E-state index < -0.39 is 63.9 Å². The molecule has 9 rings (SSSR count). The summed E-state index contributed by atoms with van der Waals surface area (Å²) < 4.78 is 26.4. The molecule has 0 spiro atoms. The topological polar surface area (TPSA) is 487 Å². The quantitative estimate of drug-likeness (QED) is 0.0155. The molecule has 9 aromatic rings. The molecule has 30 nitrogen and oxygen atoms in total. The van der Waals surface area contributed by atoms with Crippen molar-refractivity contribution in [3.63, 3.8) is 0 Å². The Bertz CT molecular complexity index is 4520. The molecule has 1 aromatic heterocycles. The molecule has 9 amide bonds. The van der Waals surface area contributed by atoms with Crippen molar-refractivity contribution in [3.8, 4) is 0 Å². The van der Waals surface area contributed by atoms with Gasteiger partial charge in [-0.2, -0.15) is 0 Å². The first-order valence-electron chi connectivity index (χ1n) is 32.8. The number of nitro groups is 1. The van der Waals surface area contributed by atoms with Gasteiger partial charge in [0.2, 0.25) is 0 Å². The third-order valence-corrected chi connectivity index (χ3v) is 15.2. The number of carbonyl (C=O) groups is 9. The van der Waals surface area contributed by atoms with Gasteiger partial charge in [-0.05, 0) is 167 Å². The first-order chi connectivity index (χ1) is 56.1. The molecule has 36 heteroatoms. The van der Waals surface area contributed by atoms with Gasteiger partial charge < -0.3 is 0 Å². The third-order valence-electron chi connectivity index (χ3n) is 13.0. The van der Waals surface area contributed by atoms with Crippen molar-refractivity contribution >= 4 is 164 Å². The molecule has 0 aliphatic heterocycles. The van der Waals surface area contributed by atoms with Crippen molar-refractivity contribution in [1.82, 2.24) is 49.3 Å². The normalized spacial score (nSPS) is 10.3. The zero-order valence-electron chi connectivity index (χ0n) is 61.4. The number of nitrogens with zero attached hydrogens (tertiary/aromatic N) is 1. The van der Waals surface area contributed by atoms with E-state index in [9.17, 15) is 62.0 Å². The highest BCUT2D eigenvalue weighted by Crippen LogP contribution is 2.19. The summed E-state index contributed by atoms with van der Waals surface area (Å²) in [7, 11) is 0. The van der Waals surface area contributed by atoms with Crippen LogP contribution in [0.1, 0.15) is 60.5 Å². The summed E-state index contributed by atoms with van der Waals surface area (Å²) in [6.45, 7) is 3.93. The largest absolute Gasteiger partial charge is 0.288 e. The zero-order valence-corrected chi connectivity index (χ0v) is 65.3. The molecule has 0 unspecified atom stereocenters. The fraction of sp³-hybridized carbons (Fsp3) is 0.0247. The molecule has 0 aliphatic rings. The third kappa shape index (κ3) is 49.4. The molecule has 0 aliphatic carbocycles. The lowest BCUT2D eigenvalue weighted by Gasteiger charge is -1.97. The molecule has 0 atom stereocenters. The molecule has 117 heavy (non-hydrogen) atoms. The second-order valence-corrected chi connectivity index (χ2v) is 24.3. The van der Waals surface area contributed by atoms with Gasteiger partial charge >= 0.3 is 0 Å². The van der Waals surface area contributed by atoms with Crippen molar-refractivity contribution in [3.05, 3.63) is 363 Å². The van der Waals surface area contributed by atoms with Crippen LogP contribution in [0, 0.1) is 35.6 Å². The van der Waals surface area contributed by atoms with Crippen LogP contribution in [0.4, 0.5) is 14.5 Å². The summed E-state index contributed by atoms with van der Waals surface area (Å²) in [5, 5.41) is 87.1. The highest BCUT2D eigenvalue weighted by Gasteiger charge is 2.05. The van der Waals surface area contributed by atoms with E-state index in [1.165, 1.54) is 170 Å². The number of rotatable bonds is 19. The molecule has 1 heterocycles. The highest BCUT2D eigenvalue weighted by atomic mass is 79.9. The number of hydrogen-bond donors (Lipinski definition) is 18. The highest BCUT2D eigenvalue weighted by molar-refractivity contribution is 9.10. The minimum atomic E-state index is -0.693. The number of nitrogens with one attached hydrogen (secondary N) is 9. The molecule has 0 saturated heterocycles. The summed E-state index contributed by atoms with van der Waals surface area (Å²) >= 11 is 16.4. The standard InChI is InChI=1S/2C10H11NO2.C9H8BrNO2.2C9H8ClNO2.2C9H8FNO2.C9H8N2O4.C7H7NO2S/c1-8-3-2-4-9(7-8)5-6-10(12)11-13;1-8-4-2-3-5-9(8)6-7-10(12)11-13;10-8-4-2-1-3-7(8)5-6-9(12)11-13;10-8-3-1-2-7(6-8)4-5-9(12)11-13;10-8-4-2-1-3-7(8)5-6-9(12)11-13;10-8-3-1-2-7(6-8)4-5-9(12)11-13;10-8-4-2-1-3-7(8)5-6-9(12)11-13;12-9(10-13)5-4-7-2-1-3-8(6-7)11(14)15;9-7(8-10)4-3-6-2-1-5-11-6/h2*2-7,13H,1H3,(H,11,12);5*1-6,13H,(H,11,12);1-6,13H,(H,10,12);1-5,10H,(H,8,9)/b6-5+;7-6+;6-5+;5-4+;6-5+;5-4+;6-5+;5-4+;4-3+. The van der Waals surface area contributed by atoms with Gasteiger partial charge in [0.1, 0.15) is 11.6 Å². The van der Waals surface area contributed by atoms with E-state index in [2.05, 4.69) is 15.9 Å². The van der Waals surface area contributed by atoms with Gasteiger partial charge in [-0.25, -0.2) is 58.1 Å². The number of aryl methyl sites for hydroxylation is 2. The Morgan fingerprint density at radius 3 is 1.13 bits per heavy atom. The summed E-state index contributed by atoms with van der Waals surface area (Å²) in [6.07, 6.45) is 24.3. The molecule has 0 radical (unpaired) electrons. The number of carbonyl (C=O) groups excluding carboxylic acids is 9. The Morgan fingerprint density at radius 2 is 0.718 bits per heavy atom. The van der Waals surface area contributed by atoms with Gasteiger partial charge in [0.05, 0.1) is 4.92 Å². The predicted octanol–water partition coefficient (Wildman–Crippen LogP) is 13.8. The van der Waals surface area contributed by atoms with Crippen LogP contribution in [-0.4, -0.2) is 105 Å². The number of non-ortho nitro benzene ring substituents is 1. The van der Waals surface area contributed by atoms with Crippen molar-refractivity contribution in [2.75, 3.05) is 0 Å². The van der Waals surface area contributed by atoms with Crippen molar-refractivity contribution in [2.45, 2.75) is 13.8 Å². The Kier molecular flexibility index (Phi) is 53.6. The maximum Gasteiger partial charge on any atom is 0.270 e. The smallest absolute Gasteiger partial charge is 0.270 e. The molecule has 0 bridgehead atoms. The number of hydroxylamine groups is 9. The zero-order chi connectivity index (χ0) is 87.1. The lowest BCUT2D eigenvalue weighted by Crippen LogP contribution is -2.14. The molecule has 0 saturated carbocycles. The lowest BCUT2D eigenvalue weighted by atomic mass is 10.1. The molecule has 8 aromatic carbocycles. The lowest BCUT2D eigenvalue weighted by molar-refractivity contribution is -0.384.